The van der Waals surface area contributed by atoms with Crippen molar-refractivity contribution in [2.24, 2.45) is 0 Å². The fraction of sp³-hybridized carbons (Fsp3) is 0.154. The molecule has 0 aliphatic carbocycles. The van der Waals surface area contributed by atoms with Crippen LogP contribution in [0, 0.1) is 13.7 Å². The predicted molar refractivity (Wildman–Crippen MR) is 82.2 cm³/mol. The van der Waals surface area contributed by atoms with Crippen molar-refractivity contribution < 1.29 is 4.92 Å². The molecule has 0 aliphatic rings. The molecule has 0 aliphatic heterocycles. The average Bonchev–Trinajstić information content (AvgIpc) is 2.41. The fourth-order valence-corrected chi connectivity index (χ4v) is 2.32. The van der Waals surface area contributed by atoms with E-state index in [1.165, 1.54) is 6.07 Å². The summed E-state index contributed by atoms with van der Waals surface area (Å²) >= 11 is 2.09. The number of hydrogen-bond donors (Lipinski definition) is 1. The van der Waals surface area contributed by atoms with Crippen molar-refractivity contribution in [2.45, 2.75) is 6.42 Å². The highest BCUT2D eigenvalue weighted by Crippen LogP contribution is 2.23. The number of hydrogen-bond acceptors (Lipinski definition) is 4. The summed E-state index contributed by atoms with van der Waals surface area (Å²) < 4.78 is 0.841. The van der Waals surface area contributed by atoms with E-state index >= 15 is 0 Å². The zero-order valence-corrected chi connectivity index (χ0v) is 12.2. The first kappa shape index (κ1) is 13.7. The SMILES string of the molecule is O=[N+]([O-])c1ccc(NCCc2ccccn2)c(I)c1. The molecule has 0 amide bonds. The molecule has 0 saturated heterocycles. The highest BCUT2D eigenvalue weighted by atomic mass is 127. The molecule has 98 valence electrons. The van der Waals surface area contributed by atoms with Gasteiger partial charge in [0.05, 0.1) is 4.92 Å². The van der Waals surface area contributed by atoms with E-state index in [0.717, 1.165) is 27.9 Å². The number of non-ortho nitro benzene ring substituents is 1. The van der Waals surface area contributed by atoms with Crippen LogP contribution in [0.4, 0.5) is 11.4 Å². The van der Waals surface area contributed by atoms with Crippen LogP contribution in [0.1, 0.15) is 5.69 Å². The van der Waals surface area contributed by atoms with Crippen LogP contribution in [-0.2, 0) is 6.42 Å². The second-order valence-corrected chi connectivity index (χ2v) is 5.08. The third kappa shape index (κ3) is 3.88. The van der Waals surface area contributed by atoms with E-state index in [4.69, 9.17) is 0 Å². The highest BCUT2D eigenvalue weighted by Gasteiger charge is 2.08. The number of aromatic nitrogens is 1. The Balaban J connectivity index is 1.95. The Bertz CT molecular complexity index is 575. The Kier molecular flexibility index (Phi) is 4.67. The summed E-state index contributed by atoms with van der Waals surface area (Å²) in [6, 6.07) is 10.6. The zero-order chi connectivity index (χ0) is 13.7. The van der Waals surface area contributed by atoms with Crippen molar-refractivity contribution >= 4 is 34.0 Å². The van der Waals surface area contributed by atoms with Crippen LogP contribution in [0.5, 0.6) is 0 Å². The molecule has 1 aromatic heterocycles. The average molecular weight is 369 g/mol. The van der Waals surface area contributed by atoms with Crippen LogP contribution in [0.3, 0.4) is 0 Å². The maximum absolute atomic E-state index is 10.6. The van der Waals surface area contributed by atoms with Gasteiger partial charge in [0.1, 0.15) is 0 Å². The van der Waals surface area contributed by atoms with Crippen LogP contribution in [0.25, 0.3) is 0 Å². The van der Waals surface area contributed by atoms with Gasteiger partial charge in [-0.15, -0.1) is 0 Å². The minimum Gasteiger partial charge on any atom is -0.384 e. The number of benzene rings is 1. The van der Waals surface area contributed by atoms with E-state index in [0.29, 0.717) is 0 Å². The van der Waals surface area contributed by atoms with Gasteiger partial charge >= 0.3 is 0 Å². The summed E-state index contributed by atoms with van der Waals surface area (Å²) in [5.41, 5.74) is 2.04. The molecule has 0 spiro atoms. The summed E-state index contributed by atoms with van der Waals surface area (Å²) in [6.45, 7) is 0.741. The third-order valence-corrected chi connectivity index (χ3v) is 3.48. The molecule has 1 heterocycles. The molecule has 2 aromatic rings. The molecular formula is C13H12IN3O2. The van der Waals surface area contributed by atoms with Gasteiger partial charge in [-0.1, -0.05) is 6.07 Å². The van der Waals surface area contributed by atoms with Gasteiger partial charge < -0.3 is 5.32 Å². The van der Waals surface area contributed by atoms with Crippen molar-refractivity contribution in [3.8, 4) is 0 Å². The molecule has 0 bridgehead atoms. The van der Waals surface area contributed by atoms with E-state index < -0.39 is 0 Å². The van der Waals surface area contributed by atoms with Gasteiger partial charge in [-0.05, 0) is 40.8 Å². The molecule has 0 unspecified atom stereocenters. The van der Waals surface area contributed by atoms with Crippen molar-refractivity contribution in [1.82, 2.24) is 4.98 Å². The molecule has 0 atom stereocenters. The Labute approximate surface area is 124 Å². The van der Waals surface area contributed by atoms with Gasteiger partial charge in [0.2, 0.25) is 0 Å². The summed E-state index contributed by atoms with van der Waals surface area (Å²) in [6.07, 6.45) is 2.58. The number of nitro benzene ring substituents is 1. The number of nitrogens with one attached hydrogen (secondary N) is 1. The van der Waals surface area contributed by atoms with Gasteiger partial charge in [0.15, 0.2) is 0 Å². The molecule has 5 nitrogen and oxygen atoms in total. The molecule has 1 N–H and O–H groups in total. The highest BCUT2D eigenvalue weighted by molar-refractivity contribution is 14.1. The Hall–Kier alpha value is -1.70. The van der Waals surface area contributed by atoms with Crippen molar-refractivity contribution in [3.05, 3.63) is 62.0 Å². The van der Waals surface area contributed by atoms with Crippen molar-refractivity contribution in [3.63, 3.8) is 0 Å². The molecular weight excluding hydrogens is 357 g/mol. The smallest absolute Gasteiger partial charge is 0.270 e. The van der Waals surface area contributed by atoms with E-state index in [-0.39, 0.29) is 10.6 Å². The number of nitro groups is 1. The lowest BCUT2D eigenvalue weighted by molar-refractivity contribution is -0.384. The number of rotatable bonds is 5. The fourth-order valence-electron chi connectivity index (χ4n) is 1.63. The molecule has 6 heteroatoms. The molecule has 1 aromatic carbocycles. The Morgan fingerprint density at radius 1 is 1.32 bits per heavy atom. The molecule has 0 radical (unpaired) electrons. The predicted octanol–water partition coefficient (Wildman–Crippen LogP) is 3.25. The number of pyridine rings is 1. The second kappa shape index (κ2) is 6.46. The summed E-state index contributed by atoms with van der Waals surface area (Å²) in [4.78, 5) is 14.5. The quantitative estimate of drug-likeness (QED) is 0.499. The molecule has 0 fully saturated rings. The van der Waals surface area contributed by atoms with E-state index in [9.17, 15) is 10.1 Å². The Morgan fingerprint density at radius 3 is 2.79 bits per heavy atom. The lowest BCUT2D eigenvalue weighted by Gasteiger charge is -2.08. The largest absolute Gasteiger partial charge is 0.384 e. The number of nitrogens with zero attached hydrogens (tertiary/aromatic N) is 2. The van der Waals surface area contributed by atoms with Gasteiger partial charge in [0.25, 0.3) is 5.69 Å². The van der Waals surface area contributed by atoms with Gasteiger partial charge in [0, 0.05) is 46.2 Å². The minimum absolute atomic E-state index is 0.111. The topological polar surface area (TPSA) is 68.1 Å². The molecule has 19 heavy (non-hydrogen) atoms. The molecule has 0 saturated carbocycles. The van der Waals surface area contributed by atoms with E-state index in [2.05, 4.69) is 32.9 Å². The van der Waals surface area contributed by atoms with Crippen molar-refractivity contribution in [2.75, 3.05) is 11.9 Å². The van der Waals surface area contributed by atoms with Crippen LogP contribution < -0.4 is 5.32 Å². The zero-order valence-electron chi connectivity index (χ0n) is 10.0. The van der Waals surface area contributed by atoms with Crippen molar-refractivity contribution in [1.29, 1.82) is 0 Å². The van der Waals surface area contributed by atoms with Crippen LogP contribution >= 0.6 is 22.6 Å². The first-order chi connectivity index (χ1) is 9.16. The lowest BCUT2D eigenvalue weighted by atomic mass is 10.2. The van der Waals surface area contributed by atoms with E-state index in [1.54, 1.807) is 18.3 Å². The summed E-state index contributed by atoms with van der Waals surface area (Å²) in [7, 11) is 0. The monoisotopic (exact) mass is 369 g/mol. The maximum Gasteiger partial charge on any atom is 0.270 e. The first-order valence-electron chi connectivity index (χ1n) is 5.74. The van der Waals surface area contributed by atoms with Crippen LogP contribution in [0.2, 0.25) is 0 Å². The lowest BCUT2D eigenvalue weighted by Crippen LogP contribution is -2.07. The van der Waals surface area contributed by atoms with Crippen LogP contribution in [0.15, 0.2) is 42.6 Å². The Morgan fingerprint density at radius 2 is 2.16 bits per heavy atom. The normalized spacial score (nSPS) is 10.2. The molecule has 2 rings (SSSR count). The minimum atomic E-state index is -0.389. The van der Waals surface area contributed by atoms with Gasteiger partial charge in [-0.25, -0.2) is 0 Å². The second-order valence-electron chi connectivity index (χ2n) is 3.92. The third-order valence-electron chi connectivity index (χ3n) is 2.59. The summed E-state index contributed by atoms with van der Waals surface area (Å²) in [5.74, 6) is 0. The van der Waals surface area contributed by atoms with Gasteiger partial charge in [-0.3, -0.25) is 15.1 Å². The summed E-state index contributed by atoms with van der Waals surface area (Å²) in [5, 5.41) is 13.9. The van der Waals surface area contributed by atoms with E-state index in [1.807, 2.05) is 18.2 Å². The number of halogens is 1. The number of anilines is 1. The van der Waals surface area contributed by atoms with Crippen LogP contribution in [-0.4, -0.2) is 16.5 Å². The maximum atomic E-state index is 10.6. The first-order valence-corrected chi connectivity index (χ1v) is 6.82. The van der Waals surface area contributed by atoms with Gasteiger partial charge in [-0.2, -0.15) is 0 Å². The standard InChI is InChI=1S/C13H12IN3O2/c14-12-9-11(17(18)19)4-5-13(12)16-8-6-10-3-1-2-7-15-10/h1-5,7,9,16H,6,8H2.